The summed E-state index contributed by atoms with van der Waals surface area (Å²) in [4.78, 5) is 37.3. The van der Waals surface area contributed by atoms with Gasteiger partial charge in [0.05, 0.1) is 15.6 Å². The molecule has 0 saturated carbocycles. The van der Waals surface area contributed by atoms with Gasteiger partial charge in [0.2, 0.25) is 0 Å². The van der Waals surface area contributed by atoms with Gasteiger partial charge >= 0.3 is 77.6 Å². The molecule has 0 aromatic carbocycles. The van der Waals surface area contributed by atoms with Gasteiger partial charge in [-0.15, -0.1) is 0 Å². The summed E-state index contributed by atoms with van der Waals surface area (Å²) in [5, 5.41) is 0. The topological polar surface area (TPSA) is 136 Å². The molecule has 11 heavy (non-hydrogen) atoms. The summed E-state index contributed by atoms with van der Waals surface area (Å²) in [6.45, 7) is 0. The fourth-order valence-corrected chi connectivity index (χ4v) is 1.10. The zero-order chi connectivity index (χ0) is 7.71. The SMILES string of the molecule is O=P([O-])([O-])OP(=O)([O-])[O-].[K+].[Zr+4]. The van der Waals surface area contributed by atoms with Gasteiger partial charge in [-0.25, -0.2) is 0 Å². The van der Waals surface area contributed by atoms with Crippen molar-refractivity contribution in [3.05, 3.63) is 0 Å². The van der Waals surface area contributed by atoms with Crippen molar-refractivity contribution >= 4 is 15.6 Å². The second-order valence-electron chi connectivity index (χ2n) is 0.976. The van der Waals surface area contributed by atoms with Crippen LogP contribution in [0.5, 0.6) is 0 Å². The van der Waals surface area contributed by atoms with Crippen molar-refractivity contribution in [3.8, 4) is 0 Å². The van der Waals surface area contributed by atoms with Gasteiger partial charge < -0.3 is 33.0 Å². The summed E-state index contributed by atoms with van der Waals surface area (Å²) < 4.78 is 21.2. The summed E-state index contributed by atoms with van der Waals surface area (Å²) >= 11 is 0. The average Bonchev–Trinajstić information content (AvgIpc) is 1.14. The van der Waals surface area contributed by atoms with Crippen molar-refractivity contribution in [2.75, 3.05) is 0 Å². The molecule has 0 N–H and O–H groups in total. The van der Waals surface area contributed by atoms with Crippen molar-refractivity contribution < 1.29 is 111 Å². The van der Waals surface area contributed by atoms with Crippen LogP contribution in [0.2, 0.25) is 0 Å². The van der Waals surface area contributed by atoms with E-state index in [1.165, 1.54) is 0 Å². The fourth-order valence-electron chi connectivity index (χ4n) is 0.122. The normalized spacial score (nSPS) is 11.3. The molecule has 0 rings (SSSR count). The van der Waals surface area contributed by atoms with Crippen LogP contribution in [-0.4, -0.2) is 0 Å². The number of hydrogen-bond acceptors (Lipinski definition) is 7. The predicted octanol–water partition coefficient (Wildman–Crippen LogP) is -6.34. The molecule has 56 valence electrons. The van der Waals surface area contributed by atoms with Gasteiger partial charge in [-0.1, -0.05) is 0 Å². The Kier molecular flexibility index (Phi) is 12.5. The summed E-state index contributed by atoms with van der Waals surface area (Å²) in [5.41, 5.74) is 0. The molecular weight excluding hydrogens is 304 g/mol. The summed E-state index contributed by atoms with van der Waals surface area (Å²) in [7, 11) is -11.4. The largest absolute Gasteiger partial charge is 4.00 e. The van der Waals surface area contributed by atoms with E-state index in [9.17, 15) is 28.7 Å². The molecule has 0 bridgehead atoms. The molecule has 11 heteroatoms. The second kappa shape index (κ2) is 7.12. The third-order valence-corrected chi connectivity index (χ3v) is 1.80. The van der Waals surface area contributed by atoms with Gasteiger partial charge in [0.15, 0.2) is 0 Å². The van der Waals surface area contributed by atoms with E-state index in [4.69, 9.17) is 0 Å². The first-order chi connectivity index (χ1) is 3.71. The molecule has 0 saturated heterocycles. The minimum Gasteiger partial charge on any atom is -0.790 e. The van der Waals surface area contributed by atoms with Crippen LogP contribution in [0.15, 0.2) is 0 Å². The first-order valence-corrected chi connectivity index (χ1v) is 4.38. The zero-order valence-electron chi connectivity index (χ0n) is 5.25. The summed E-state index contributed by atoms with van der Waals surface area (Å²) in [6, 6.07) is 0. The Morgan fingerprint density at radius 3 is 1.09 bits per heavy atom. The number of hydrogen-bond donors (Lipinski definition) is 0. The maximum absolute atomic E-state index is 9.32. The zero-order valence-corrected chi connectivity index (χ0v) is 12.6. The number of phosphoric acid groups is 2. The molecule has 0 aromatic heterocycles. The van der Waals surface area contributed by atoms with Crippen LogP contribution in [0.3, 0.4) is 0 Å². The molecule has 0 aliphatic heterocycles. The van der Waals surface area contributed by atoms with Crippen molar-refractivity contribution in [1.29, 1.82) is 0 Å². The van der Waals surface area contributed by atoms with Crippen LogP contribution in [0.4, 0.5) is 0 Å². The molecule has 0 amide bonds. The molecule has 0 unspecified atom stereocenters. The van der Waals surface area contributed by atoms with Crippen LogP contribution in [0.1, 0.15) is 0 Å². The Labute approximate surface area is 124 Å². The number of rotatable bonds is 2. The third-order valence-electron chi connectivity index (χ3n) is 0.200. The van der Waals surface area contributed by atoms with Crippen molar-refractivity contribution in [3.63, 3.8) is 0 Å². The molecule has 0 aromatic rings. The quantitative estimate of drug-likeness (QED) is 0.365. The van der Waals surface area contributed by atoms with E-state index in [0.29, 0.717) is 0 Å². The van der Waals surface area contributed by atoms with Crippen molar-refractivity contribution in [1.82, 2.24) is 0 Å². The van der Waals surface area contributed by atoms with Crippen molar-refractivity contribution in [2.24, 2.45) is 0 Å². The predicted molar refractivity (Wildman–Crippen MR) is 16.3 cm³/mol. The maximum atomic E-state index is 9.32. The van der Waals surface area contributed by atoms with Crippen molar-refractivity contribution in [2.45, 2.75) is 0 Å². The van der Waals surface area contributed by atoms with E-state index >= 15 is 0 Å². The van der Waals surface area contributed by atoms with Crippen LogP contribution in [0.25, 0.3) is 0 Å². The monoisotopic (exact) mass is 303 g/mol. The first kappa shape index (κ1) is 19.4. The standard InChI is InChI=1S/K.H4O7P2.Zr/c;1-8(2,3)7-9(4,5)6;/h;(H2,1,2,3)(H2,4,5,6);/q+1;;+4/p-4. The van der Waals surface area contributed by atoms with Crippen LogP contribution in [0, 0.1) is 0 Å². The molecule has 0 spiro atoms. The molecular formula is KO7P2Zr+. The van der Waals surface area contributed by atoms with Gasteiger partial charge in [0, 0.05) is 0 Å². The van der Waals surface area contributed by atoms with E-state index < -0.39 is 15.6 Å². The van der Waals surface area contributed by atoms with Gasteiger partial charge in [0.1, 0.15) is 0 Å². The summed E-state index contributed by atoms with van der Waals surface area (Å²) in [5.74, 6) is 0. The summed E-state index contributed by atoms with van der Waals surface area (Å²) in [6.07, 6.45) is 0. The van der Waals surface area contributed by atoms with Crippen LogP contribution in [-0.2, 0) is 39.6 Å². The minimum atomic E-state index is -5.68. The Morgan fingerprint density at radius 1 is 0.909 bits per heavy atom. The molecule has 0 aliphatic carbocycles. The fraction of sp³-hybridized carbons (Fsp3) is 0. The molecule has 0 heterocycles. The van der Waals surface area contributed by atoms with E-state index in [-0.39, 0.29) is 77.6 Å². The maximum Gasteiger partial charge on any atom is 4.00 e. The molecule has 0 fully saturated rings. The molecule has 0 atom stereocenters. The van der Waals surface area contributed by atoms with E-state index in [0.717, 1.165) is 0 Å². The second-order valence-corrected chi connectivity index (χ2v) is 3.42. The van der Waals surface area contributed by atoms with Gasteiger partial charge in [-0.2, -0.15) is 0 Å². The Morgan fingerprint density at radius 2 is 1.09 bits per heavy atom. The van der Waals surface area contributed by atoms with Gasteiger partial charge in [0.25, 0.3) is 0 Å². The average molecular weight is 304 g/mol. The third kappa shape index (κ3) is 19.3. The van der Waals surface area contributed by atoms with Crippen LogP contribution >= 0.6 is 15.6 Å². The van der Waals surface area contributed by atoms with Gasteiger partial charge in [-0.3, -0.25) is 0 Å². The Hall–Kier alpha value is 2.78. The first-order valence-electron chi connectivity index (χ1n) is 1.46. The molecule has 0 radical (unpaired) electrons. The smallest absolute Gasteiger partial charge is 0.790 e. The Balaban J connectivity index is -0.000000320. The van der Waals surface area contributed by atoms with E-state index in [1.54, 1.807) is 0 Å². The van der Waals surface area contributed by atoms with Crippen LogP contribution < -0.4 is 71.0 Å². The van der Waals surface area contributed by atoms with E-state index in [1.807, 2.05) is 0 Å². The Bertz CT molecular complexity index is 157. The molecule has 0 aliphatic rings. The minimum absolute atomic E-state index is 0. The van der Waals surface area contributed by atoms with Gasteiger partial charge in [-0.05, 0) is 0 Å². The molecule has 7 nitrogen and oxygen atoms in total. The van der Waals surface area contributed by atoms with E-state index in [2.05, 4.69) is 4.31 Å².